The van der Waals surface area contributed by atoms with Gasteiger partial charge in [0.1, 0.15) is 0 Å². The van der Waals surface area contributed by atoms with E-state index in [1.807, 2.05) is 31.2 Å². The van der Waals surface area contributed by atoms with Gasteiger partial charge >= 0.3 is 6.09 Å². The topological polar surface area (TPSA) is 86.9 Å². The van der Waals surface area contributed by atoms with E-state index in [-0.39, 0.29) is 6.54 Å². The molecule has 1 heterocycles. The average molecular weight is 298 g/mol. The molecule has 22 heavy (non-hydrogen) atoms. The smallest absolute Gasteiger partial charge is 0.405 e. The van der Waals surface area contributed by atoms with Crippen molar-refractivity contribution in [3.05, 3.63) is 59.9 Å². The van der Waals surface area contributed by atoms with Gasteiger partial charge in [0.05, 0.1) is 17.8 Å². The Bertz CT molecular complexity index is 656. The first-order valence-corrected chi connectivity index (χ1v) is 6.85. The minimum Gasteiger partial charge on any atom is -0.465 e. The molecule has 2 N–H and O–H groups in total. The highest BCUT2D eigenvalue weighted by molar-refractivity contribution is 5.66. The van der Waals surface area contributed by atoms with E-state index in [2.05, 4.69) is 20.5 Å². The second-order valence-electron chi connectivity index (χ2n) is 5.23. The molecule has 1 unspecified atom stereocenters. The number of carbonyl (C=O) groups is 1. The van der Waals surface area contributed by atoms with Gasteiger partial charge in [0.2, 0.25) is 0 Å². The van der Waals surface area contributed by atoms with Crippen molar-refractivity contribution in [3.63, 3.8) is 0 Å². The summed E-state index contributed by atoms with van der Waals surface area (Å²) in [6.07, 6.45) is 2.13. The predicted octanol–water partition coefficient (Wildman–Crippen LogP) is 3.66. The van der Waals surface area contributed by atoms with Gasteiger partial charge in [-0.3, -0.25) is 4.98 Å². The van der Waals surface area contributed by atoms with E-state index in [1.165, 1.54) is 0 Å². The van der Waals surface area contributed by atoms with Crippen molar-refractivity contribution in [2.24, 2.45) is 10.2 Å². The Morgan fingerprint density at radius 2 is 1.86 bits per heavy atom. The zero-order chi connectivity index (χ0) is 16.0. The van der Waals surface area contributed by atoms with E-state index >= 15 is 0 Å². The van der Waals surface area contributed by atoms with Crippen molar-refractivity contribution in [2.75, 3.05) is 6.54 Å². The van der Waals surface area contributed by atoms with Crippen LogP contribution in [0.1, 0.15) is 18.1 Å². The summed E-state index contributed by atoms with van der Waals surface area (Å²) in [5, 5.41) is 19.9. The molecular formula is C16H18N4O2. The fourth-order valence-electron chi connectivity index (χ4n) is 2.03. The molecular weight excluding hydrogens is 280 g/mol. The molecule has 2 rings (SSSR count). The van der Waals surface area contributed by atoms with E-state index in [4.69, 9.17) is 5.11 Å². The van der Waals surface area contributed by atoms with Crippen molar-refractivity contribution in [1.29, 1.82) is 0 Å². The van der Waals surface area contributed by atoms with Crippen LogP contribution in [-0.4, -0.2) is 22.7 Å². The molecule has 1 aromatic heterocycles. The molecule has 0 bridgehead atoms. The van der Waals surface area contributed by atoms with Crippen LogP contribution in [0.2, 0.25) is 0 Å². The number of hydrogen-bond donors (Lipinski definition) is 2. The van der Waals surface area contributed by atoms with Gasteiger partial charge in [0, 0.05) is 12.4 Å². The third kappa shape index (κ3) is 4.12. The number of benzene rings is 1. The molecule has 6 heteroatoms. The number of pyridine rings is 1. The number of aromatic nitrogens is 1. The number of nitrogens with one attached hydrogen (secondary N) is 1. The normalized spacial score (nSPS) is 13.7. The molecule has 0 aliphatic rings. The summed E-state index contributed by atoms with van der Waals surface area (Å²) in [6, 6.07) is 11.2. The Balaban J connectivity index is 2.16. The van der Waals surface area contributed by atoms with Crippen LogP contribution in [-0.2, 0) is 5.54 Å². The molecule has 0 spiro atoms. The molecule has 0 aliphatic carbocycles. The Morgan fingerprint density at radius 3 is 2.45 bits per heavy atom. The Morgan fingerprint density at radius 1 is 1.23 bits per heavy atom. The highest BCUT2D eigenvalue weighted by Gasteiger charge is 2.28. The summed E-state index contributed by atoms with van der Waals surface area (Å²) in [7, 11) is 0. The molecule has 0 saturated heterocycles. The van der Waals surface area contributed by atoms with Crippen LogP contribution < -0.4 is 5.32 Å². The van der Waals surface area contributed by atoms with Gasteiger partial charge in [-0.15, -0.1) is 0 Å². The first-order chi connectivity index (χ1) is 10.5. The van der Waals surface area contributed by atoms with Gasteiger partial charge in [-0.2, -0.15) is 10.2 Å². The first-order valence-electron chi connectivity index (χ1n) is 6.85. The number of azo groups is 1. The van der Waals surface area contributed by atoms with Crippen molar-refractivity contribution >= 4 is 11.8 Å². The number of rotatable bonds is 5. The van der Waals surface area contributed by atoms with Crippen molar-refractivity contribution in [1.82, 2.24) is 10.3 Å². The van der Waals surface area contributed by atoms with Gasteiger partial charge in [0.25, 0.3) is 0 Å². The number of amides is 1. The Labute approximate surface area is 128 Å². The lowest BCUT2D eigenvalue weighted by Gasteiger charge is -2.27. The molecule has 0 aliphatic heterocycles. The van der Waals surface area contributed by atoms with Crippen LogP contribution in [0.3, 0.4) is 0 Å². The summed E-state index contributed by atoms with van der Waals surface area (Å²) in [6.45, 7) is 3.96. The average Bonchev–Trinajstić information content (AvgIpc) is 2.49. The highest BCUT2D eigenvalue weighted by atomic mass is 16.4. The van der Waals surface area contributed by atoms with Crippen molar-refractivity contribution in [3.8, 4) is 0 Å². The monoisotopic (exact) mass is 298 g/mol. The van der Waals surface area contributed by atoms with E-state index in [0.29, 0.717) is 0 Å². The zero-order valence-corrected chi connectivity index (χ0v) is 12.5. The number of aryl methyl sites for hydroxylation is 1. The fourth-order valence-corrected chi connectivity index (χ4v) is 2.03. The molecule has 0 fully saturated rings. The number of nitrogens with zero attached hydrogens (tertiary/aromatic N) is 3. The summed E-state index contributed by atoms with van der Waals surface area (Å²) in [5.74, 6) is 0. The summed E-state index contributed by atoms with van der Waals surface area (Å²) < 4.78 is 0. The van der Waals surface area contributed by atoms with E-state index in [1.54, 1.807) is 31.5 Å². The summed E-state index contributed by atoms with van der Waals surface area (Å²) in [4.78, 5) is 15.0. The maximum Gasteiger partial charge on any atom is 0.405 e. The second kappa shape index (κ2) is 6.80. The fraction of sp³-hybridized carbons (Fsp3) is 0.250. The number of hydrogen-bond acceptors (Lipinski definition) is 4. The minimum atomic E-state index is -1.11. The third-order valence-electron chi connectivity index (χ3n) is 3.31. The van der Waals surface area contributed by atoms with Crippen LogP contribution in [0.25, 0.3) is 0 Å². The van der Waals surface area contributed by atoms with Crippen molar-refractivity contribution < 1.29 is 9.90 Å². The van der Waals surface area contributed by atoms with Gasteiger partial charge in [-0.1, -0.05) is 17.7 Å². The van der Waals surface area contributed by atoms with Gasteiger partial charge in [-0.25, -0.2) is 4.79 Å². The molecule has 1 atom stereocenters. The van der Waals surface area contributed by atoms with Crippen LogP contribution in [0.15, 0.2) is 59.0 Å². The molecule has 114 valence electrons. The van der Waals surface area contributed by atoms with E-state index < -0.39 is 11.6 Å². The van der Waals surface area contributed by atoms with Crippen LogP contribution in [0.5, 0.6) is 0 Å². The second-order valence-corrected chi connectivity index (χ2v) is 5.23. The summed E-state index contributed by atoms with van der Waals surface area (Å²) in [5.41, 5.74) is 1.81. The Hall–Kier alpha value is -2.76. The SMILES string of the molecule is Cc1ccc(N=NCC(C)(NC(=O)O)c2ccncc2)cc1. The molecule has 0 radical (unpaired) electrons. The van der Waals surface area contributed by atoms with Crippen LogP contribution in [0, 0.1) is 6.92 Å². The van der Waals surface area contributed by atoms with Crippen LogP contribution >= 0.6 is 0 Å². The molecule has 0 saturated carbocycles. The largest absolute Gasteiger partial charge is 0.465 e. The van der Waals surface area contributed by atoms with Crippen molar-refractivity contribution in [2.45, 2.75) is 19.4 Å². The molecule has 2 aromatic rings. The molecule has 6 nitrogen and oxygen atoms in total. The Kier molecular flexibility index (Phi) is 4.83. The zero-order valence-electron chi connectivity index (χ0n) is 12.5. The maximum absolute atomic E-state index is 11.1. The standard InChI is InChI=1S/C16H18N4O2/c1-12-3-5-14(6-4-12)20-18-11-16(2,19-15(21)22)13-7-9-17-10-8-13/h3-10,19H,11H2,1-2H3,(H,21,22). The number of carboxylic acid groups (broad SMARTS) is 1. The molecule has 1 amide bonds. The van der Waals surface area contributed by atoms with Gasteiger partial charge < -0.3 is 10.4 Å². The highest BCUT2D eigenvalue weighted by Crippen LogP contribution is 2.22. The quantitative estimate of drug-likeness (QED) is 0.826. The van der Waals surface area contributed by atoms with Crippen LogP contribution in [0.4, 0.5) is 10.5 Å². The first kappa shape index (κ1) is 15.6. The lowest BCUT2D eigenvalue weighted by molar-refractivity contribution is 0.180. The van der Waals surface area contributed by atoms with E-state index in [9.17, 15) is 4.79 Å². The van der Waals surface area contributed by atoms with Gasteiger partial charge in [0.15, 0.2) is 0 Å². The predicted molar refractivity (Wildman–Crippen MR) is 83.3 cm³/mol. The maximum atomic E-state index is 11.1. The van der Waals surface area contributed by atoms with Gasteiger partial charge in [-0.05, 0) is 43.7 Å². The lowest BCUT2D eigenvalue weighted by Crippen LogP contribution is -2.45. The lowest BCUT2D eigenvalue weighted by atomic mass is 9.93. The summed E-state index contributed by atoms with van der Waals surface area (Å²) >= 11 is 0. The third-order valence-corrected chi connectivity index (χ3v) is 3.31. The van der Waals surface area contributed by atoms with E-state index in [0.717, 1.165) is 16.8 Å². The molecule has 1 aromatic carbocycles. The minimum absolute atomic E-state index is 0.192.